The second-order valence-electron chi connectivity index (χ2n) is 3.89. The van der Waals surface area contributed by atoms with E-state index in [2.05, 4.69) is 15.9 Å². The van der Waals surface area contributed by atoms with Crippen LogP contribution in [0.2, 0.25) is 0 Å². The number of pyridine rings is 1. The Bertz CT molecular complexity index is 586. The van der Waals surface area contributed by atoms with Gasteiger partial charge in [0, 0.05) is 10.5 Å². The van der Waals surface area contributed by atoms with Crippen molar-refractivity contribution < 1.29 is 19.0 Å². The Morgan fingerprint density at radius 1 is 1.20 bits per heavy atom. The highest BCUT2D eigenvalue weighted by molar-refractivity contribution is 9.10. The van der Waals surface area contributed by atoms with Crippen molar-refractivity contribution in [3.63, 3.8) is 0 Å². The Labute approximate surface area is 124 Å². The summed E-state index contributed by atoms with van der Waals surface area (Å²) >= 11 is 3.33. The molecule has 0 aliphatic heterocycles. The molecule has 1 aromatic carbocycles. The number of carbonyl (C=O) groups is 1. The fourth-order valence-corrected chi connectivity index (χ4v) is 1.75. The van der Waals surface area contributed by atoms with Gasteiger partial charge in [-0.2, -0.15) is 4.73 Å². The molecular formula is C14H12BrNO4. The average molecular weight is 338 g/mol. The molecule has 0 spiro atoms. The second-order valence-corrected chi connectivity index (χ2v) is 4.81. The smallest absolute Gasteiger partial charge is 0.344 e. The lowest BCUT2D eigenvalue weighted by Crippen LogP contribution is -2.26. The van der Waals surface area contributed by atoms with E-state index in [0.717, 1.165) is 10.7 Å². The van der Waals surface area contributed by atoms with Crippen molar-refractivity contribution in [3.8, 4) is 5.75 Å². The van der Waals surface area contributed by atoms with Crippen molar-refractivity contribution in [2.75, 3.05) is 13.2 Å². The van der Waals surface area contributed by atoms with Crippen LogP contribution in [0.25, 0.3) is 0 Å². The number of rotatable bonds is 5. The molecule has 0 radical (unpaired) electrons. The predicted molar refractivity (Wildman–Crippen MR) is 75.3 cm³/mol. The summed E-state index contributed by atoms with van der Waals surface area (Å²) in [6, 6.07) is 10.3. The van der Waals surface area contributed by atoms with Crippen LogP contribution in [0.15, 0.2) is 53.3 Å². The minimum atomic E-state index is -0.547. The predicted octanol–water partition coefficient (Wildman–Crippen LogP) is 2.32. The summed E-state index contributed by atoms with van der Waals surface area (Å²) in [6.45, 7) is 0.361. The Morgan fingerprint density at radius 3 is 2.65 bits per heavy atom. The average Bonchev–Trinajstić information content (AvgIpc) is 2.45. The highest BCUT2D eigenvalue weighted by Crippen LogP contribution is 2.15. The second kappa shape index (κ2) is 6.91. The number of nitrogens with zero attached hydrogens (tertiary/aromatic N) is 1. The SMILES string of the molecule is O=C(OCCOc1ccc(Br)cc1)c1ccc[n+]([O-])c1. The largest absolute Gasteiger partial charge is 0.619 e. The molecule has 1 aromatic heterocycles. The van der Waals surface area contributed by atoms with Crippen LogP contribution in [0.5, 0.6) is 5.75 Å². The molecule has 0 saturated carbocycles. The quantitative estimate of drug-likeness (QED) is 0.363. The van der Waals surface area contributed by atoms with Crippen LogP contribution in [-0.4, -0.2) is 19.2 Å². The van der Waals surface area contributed by atoms with Gasteiger partial charge in [-0.3, -0.25) is 0 Å². The summed E-state index contributed by atoms with van der Waals surface area (Å²) in [6.07, 6.45) is 2.46. The maximum absolute atomic E-state index is 11.6. The molecule has 0 bridgehead atoms. The van der Waals surface area contributed by atoms with Crippen molar-refractivity contribution >= 4 is 21.9 Å². The van der Waals surface area contributed by atoms with E-state index in [1.165, 1.54) is 18.3 Å². The lowest BCUT2D eigenvalue weighted by atomic mass is 10.3. The van der Waals surface area contributed by atoms with Crippen LogP contribution in [0.4, 0.5) is 0 Å². The third-order valence-corrected chi connectivity index (χ3v) is 2.94. The van der Waals surface area contributed by atoms with Gasteiger partial charge in [0.05, 0.1) is 0 Å². The van der Waals surface area contributed by atoms with Gasteiger partial charge in [0.1, 0.15) is 24.5 Å². The number of hydrogen-bond acceptors (Lipinski definition) is 4. The molecule has 2 rings (SSSR count). The summed E-state index contributed by atoms with van der Waals surface area (Å²) in [5.74, 6) is 0.149. The van der Waals surface area contributed by atoms with Crippen LogP contribution in [0.3, 0.4) is 0 Å². The van der Waals surface area contributed by atoms with E-state index in [4.69, 9.17) is 9.47 Å². The van der Waals surface area contributed by atoms with Crippen molar-refractivity contribution in [3.05, 3.63) is 64.0 Å². The third-order valence-electron chi connectivity index (χ3n) is 2.41. The van der Waals surface area contributed by atoms with Gasteiger partial charge in [0.15, 0.2) is 12.4 Å². The lowest BCUT2D eigenvalue weighted by Gasteiger charge is -2.07. The van der Waals surface area contributed by atoms with Gasteiger partial charge in [-0.1, -0.05) is 15.9 Å². The fraction of sp³-hybridized carbons (Fsp3) is 0.143. The first kappa shape index (κ1) is 14.3. The van der Waals surface area contributed by atoms with E-state index in [1.807, 2.05) is 24.3 Å². The molecular weight excluding hydrogens is 326 g/mol. The summed E-state index contributed by atoms with van der Waals surface area (Å²) in [7, 11) is 0. The molecule has 0 aliphatic rings. The van der Waals surface area contributed by atoms with Crippen LogP contribution in [0.1, 0.15) is 10.4 Å². The van der Waals surface area contributed by atoms with Gasteiger partial charge in [0.25, 0.3) is 0 Å². The van der Waals surface area contributed by atoms with E-state index in [9.17, 15) is 10.0 Å². The van der Waals surface area contributed by atoms with Crippen LogP contribution in [-0.2, 0) is 4.74 Å². The number of carbonyl (C=O) groups excluding carboxylic acids is 1. The highest BCUT2D eigenvalue weighted by Gasteiger charge is 2.09. The zero-order valence-corrected chi connectivity index (χ0v) is 12.1. The topological polar surface area (TPSA) is 62.5 Å². The number of hydrogen-bond donors (Lipinski definition) is 0. The molecule has 1 heterocycles. The van der Waals surface area contributed by atoms with E-state index in [-0.39, 0.29) is 18.8 Å². The van der Waals surface area contributed by atoms with Gasteiger partial charge >= 0.3 is 5.97 Å². The molecule has 0 aliphatic carbocycles. The van der Waals surface area contributed by atoms with Gasteiger partial charge in [-0.25, -0.2) is 4.79 Å². The number of ether oxygens (including phenoxy) is 2. The van der Waals surface area contributed by atoms with Crippen molar-refractivity contribution in [1.29, 1.82) is 0 Å². The van der Waals surface area contributed by atoms with Crippen molar-refractivity contribution in [2.45, 2.75) is 0 Å². The van der Waals surface area contributed by atoms with Gasteiger partial charge in [-0.05, 0) is 30.3 Å². The van der Waals surface area contributed by atoms with E-state index >= 15 is 0 Å². The van der Waals surface area contributed by atoms with Crippen LogP contribution < -0.4 is 9.47 Å². The van der Waals surface area contributed by atoms with Crippen LogP contribution in [0, 0.1) is 5.21 Å². The Hall–Kier alpha value is -2.08. The molecule has 104 valence electrons. The molecule has 0 saturated heterocycles. The standard InChI is InChI=1S/C14H12BrNO4/c15-12-3-5-13(6-4-12)19-8-9-20-14(17)11-2-1-7-16(18)10-11/h1-7,10H,8-9H2. The number of halogens is 1. The molecule has 0 amide bonds. The van der Waals surface area contributed by atoms with E-state index < -0.39 is 5.97 Å². The normalized spacial score (nSPS) is 10.1. The van der Waals surface area contributed by atoms with Crippen LogP contribution >= 0.6 is 15.9 Å². The zero-order chi connectivity index (χ0) is 14.4. The molecule has 20 heavy (non-hydrogen) atoms. The highest BCUT2D eigenvalue weighted by atomic mass is 79.9. The molecule has 2 aromatic rings. The first-order valence-electron chi connectivity index (χ1n) is 5.89. The molecule has 0 atom stereocenters. The molecule has 0 fully saturated rings. The van der Waals surface area contributed by atoms with Gasteiger partial charge in [0.2, 0.25) is 0 Å². The minimum Gasteiger partial charge on any atom is -0.619 e. The summed E-state index contributed by atoms with van der Waals surface area (Å²) in [5.41, 5.74) is 0.214. The third kappa shape index (κ3) is 4.24. The first-order valence-corrected chi connectivity index (χ1v) is 6.69. The number of benzene rings is 1. The maximum Gasteiger partial charge on any atom is 0.344 e. The van der Waals surface area contributed by atoms with Gasteiger partial charge in [-0.15, -0.1) is 0 Å². The molecule has 5 nitrogen and oxygen atoms in total. The number of aromatic nitrogens is 1. The molecule has 6 heteroatoms. The Morgan fingerprint density at radius 2 is 1.95 bits per heavy atom. The first-order chi connectivity index (χ1) is 9.65. The van der Waals surface area contributed by atoms with E-state index in [1.54, 1.807) is 0 Å². The molecule has 0 N–H and O–H groups in total. The fourth-order valence-electron chi connectivity index (χ4n) is 1.48. The number of esters is 1. The Balaban J connectivity index is 1.76. The van der Waals surface area contributed by atoms with E-state index in [0.29, 0.717) is 10.5 Å². The minimum absolute atomic E-state index is 0.114. The maximum atomic E-state index is 11.6. The lowest BCUT2D eigenvalue weighted by molar-refractivity contribution is -0.605. The van der Waals surface area contributed by atoms with Crippen molar-refractivity contribution in [2.24, 2.45) is 0 Å². The molecule has 0 unspecified atom stereocenters. The summed E-state index contributed by atoms with van der Waals surface area (Å²) < 4.78 is 11.9. The van der Waals surface area contributed by atoms with Crippen molar-refractivity contribution in [1.82, 2.24) is 0 Å². The summed E-state index contributed by atoms with van der Waals surface area (Å²) in [4.78, 5) is 11.6. The zero-order valence-electron chi connectivity index (χ0n) is 10.5. The summed E-state index contributed by atoms with van der Waals surface area (Å²) in [5, 5.41) is 11.0. The Kier molecular flexibility index (Phi) is 4.95. The van der Waals surface area contributed by atoms with Gasteiger partial charge < -0.3 is 14.7 Å². The monoisotopic (exact) mass is 337 g/mol.